The molecule has 0 saturated heterocycles. The molecule has 0 aliphatic rings. The largest absolute Gasteiger partial charge is 0.504 e. The number of ketones is 1. The van der Waals surface area contributed by atoms with E-state index in [1.165, 1.54) is 6.20 Å². The number of allylic oxidation sites excluding steroid dienone is 1. The number of H-pyrrole nitrogens is 1. The van der Waals surface area contributed by atoms with Gasteiger partial charge in [0.15, 0.2) is 11.5 Å². The van der Waals surface area contributed by atoms with Crippen molar-refractivity contribution in [2.75, 3.05) is 0 Å². The fourth-order valence-corrected chi connectivity index (χ4v) is 1.75. The number of aliphatic hydroxyl groups excluding tert-OH is 1. The number of benzene rings is 1. The van der Waals surface area contributed by atoms with E-state index >= 15 is 0 Å². The van der Waals surface area contributed by atoms with E-state index in [-0.39, 0.29) is 17.4 Å². The van der Waals surface area contributed by atoms with Crippen LogP contribution >= 0.6 is 0 Å². The Bertz CT molecular complexity index is 795. The van der Waals surface area contributed by atoms with Crippen LogP contribution in [0.4, 0.5) is 0 Å². The number of aliphatic hydroxyl groups is 1. The zero-order valence-corrected chi connectivity index (χ0v) is 10.2. The number of fused-ring (bicyclic) bond motifs is 1. The highest BCUT2D eigenvalue weighted by molar-refractivity contribution is 6.08. The highest BCUT2D eigenvalue weighted by atomic mass is 16.3. The van der Waals surface area contributed by atoms with Gasteiger partial charge in [0, 0.05) is 23.2 Å². The number of carbonyl (C=O) groups excluding carboxylic acids is 1. The topological polar surface area (TPSA) is 105 Å². The Balaban J connectivity index is 1.94. The molecule has 0 fully saturated rings. The molecule has 20 heavy (non-hydrogen) atoms. The average Bonchev–Trinajstić information content (AvgIpc) is 3.01. The minimum absolute atomic E-state index is 0.0351. The van der Waals surface area contributed by atoms with Gasteiger partial charge in [0.1, 0.15) is 0 Å². The lowest BCUT2D eigenvalue weighted by atomic mass is 10.1. The number of nitrogens with zero attached hydrogens (tertiary/aromatic N) is 4. The first-order chi connectivity index (χ1) is 9.74. The normalized spacial score (nSPS) is 11.7. The van der Waals surface area contributed by atoms with E-state index in [4.69, 9.17) is 0 Å². The second kappa shape index (κ2) is 4.88. The maximum atomic E-state index is 12.0. The molecular formula is C13H9N5O2. The molecule has 1 aromatic carbocycles. The number of hydrogen-bond acceptors (Lipinski definition) is 6. The minimum atomic E-state index is -0.384. The quantitative estimate of drug-likeness (QED) is 0.423. The summed E-state index contributed by atoms with van der Waals surface area (Å²) < 4.78 is 0. The van der Waals surface area contributed by atoms with Gasteiger partial charge >= 0.3 is 0 Å². The Kier molecular flexibility index (Phi) is 2.92. The number of hydrogen-bond donors (Lipinski definition) is 2. The molecule has 2 heterocycles. The molecule has 2 N–H and O–H groups in total. The average molecular weight is 267 g/mol. The summed E-state index contributed by atoms with van der Waals surface area (Å²) in [5.74, 6) is -0.769. The van der Waals surface area contributed by atoms with Crippen LogP contribution in [0.5, 0.6) is 0 Å². The first-order valence-corrected chi connectivity index (χ1v) is 5.77. The van der Waals surface area contributed by atoms with Crippen molar-refractivity contribution in [2.24, 2.45) is 0 Å². The van der Waals surface area contributed by atoms with E-state index in [9.17, 15) is 9.90 Å². The summed E-state index contributed by atoms with van der Waals surface area (Å²) in [5.41, 5.74) is 1.18. The maximum absolute atomic E-state index is 12.0. The summed E-state index contributed by atoms with van der Waals surface area (Å²) in [7, 11) is 0. The Morgan fingerprint density at radius 2 is 2.15 bits per heavy atom. The Morgan fingerprint density at radius 1 is 1.30 bits per heavy atom. The van der Waals surface area contributed by atoms with Crippen LogP contribution in [-0.2, 0) is 0 Å². The predicted octanol–water partition coefficient (Wildman–Crippen LogP) is 1.53. The predicted molar refractivity (Wildman–Crippen MR) is 70.9 cm³/mol. The number of nitrogens with one attached hydrogen (secondary N) is 1. The third-order valence-corrected chi connectivity index (χ3v) is 2.72. The molecular weight excluding hydrogens is 258 g/mol. The summed E-state index contributed by atoms with van der Waals surface area (Å²) in [4.78, 5) is 16.2. The Labute approximate surface area is 113 Å². The molecule has 0 spiro atoms. The van der Waals surface area contributed by atoms with Gasteiger partial charge in [-0.3, -0.25) is 9.78 Å². The highest BCUT2D eigenvalue weighted by Gasteiger charge is 2.10. The zero-order valence-electron chi connectivity index (χ0n) is 10.2. The van der Waals surface area contributed by atoms with Gasteiger partial charge in [0.05, 0.1) is 5.52 Å². The van der Waals surface area contributed by atoms with Crippen molar-refractivity contribution in [3.8, 4) is 0 Å². The lowest BCUT2D eigenvalue weighted by molar-refractivity contribution is 0.104. The fraction of sp³-hybridized carbons (Fsp3) is 0. The molecule has 0 aliphatic heterocycles. The van der Waals surface area contributed by atoms with Crippen molar-refractivity contribution in [3.63, 3.8) is 0 Å². The first-order valence-electron chi connectivity index (χ1n) is 5.77. The van der Waals surface area contributed by atoms with Crippen molar-refractivity contribution in [2.45, 2.75) is 0 Å². The molecule has 0 amide bonds. The molecule has 0 saturated carbocycles. The van der Waals surface area contributed by atoms with E-state index in [2.05, 4.69) is 25.6 Å². The summed E-state index contributed by atoms with van der Waals surface area (Å²) in [6, 6.07) is 9.17. The van der Waals surface area contributed by atoms with Gasteiger partial charge in [-0.15, -0.1) is 10.2 Å². The van der Waals surface area contributed by atoms with Crippen molar-refractivity contribution in [3.05, 3.63) is 54.0 Å². The number of para-hydroxylation sites is 1. The molecule has 0 aliphatic carbocycles. The number of rotatable bonds is 3. The van der Waals surface area contributed by atoms with Crippen LogP contribution in [0, 0.1) is 0 Å². The van der Waals surface area contributed by atoms with Crippen LogP contribution in [0.1, 0.15) is 16.2 Å². The molecule has 7 nitrogen and oxygen atoms in total. The maximum Gasteiger partial charge on any atom is 0.239 e. The van der Waals surface area contributed by atoms with E-state index < -0.39 is 0 Å². The van der Waals surface area contributed by atoms with Crippen LogP contribution < -0.4 is 0 Å². The van der Waals surface area contributed by atoms with Gasteiger partial charge in [0.25, 0.3) is 0 Å². The number of carbonyl (C=O) groups is 1. The molecule has 98 valence electrons. The molecule has 0 atom stereocenters. The fourth-order valence-electron chi connectivity index (χ4n) is 1.75. The van der Waals surface area contributed by atoms with Crippen molar-refractivity contribution in [1.82, 2.24) is 25.6 Å². The highest BCUT2D eigenvalue weighted by Crippen LogP contribution is 2.14. The van der Waals surface area contributed by atoms with E-state index in [0.717, 1.165) is 17.0 Å². The Hall–Kier alpha value is -3.09. The van der Waals surface area contributed by atoms with E-state index in [0.29, 0.717) is 5.56 Å². The van der Waals surface area contributed by atoms with Crippen LogP contribution in [0.25, 0.3) is 16.7 Å². The van der Waals surface area contributed by atoms with Gasteiger partial charge in [0.2, 0.25) is 5.82 Å². The van der Waals surface area contributed by atoms with Crippen molar-refractivity contribution in [1.29, 1.82) is 0 Å². The van der Waals surface area contributed by atoms with Crippen LogP contribution in [0.2, 0.25) is 0 Å². The third-order valence-electron chi connectivity index (χ3n) is 2.72. The first kappa shape index (κ1) is 12.0. The number of pyridine rings is 1. The summed E-state index contributed by atoms with van der Waals surface area (Å²) in [5, 5.41) is 23.2. The molecule has 0 bridgehead atoms. The SMILES string of the molecule is O=C(C=C(O)c1nn[nH]n1)c1cnc2ccccc2c1. The van der Waals surface area contributed by atoms with Gasteiger partial charge in [-0.05, 0) is 17.3 Å². The third kappa shape index (κ3) is 2.24. The van der Waals surface area contributed by atoms with E-state index in [1.54, 1.807) is 6.07 Å². The van der Waals surface area contributed by atoms with E-state index in [1.807, 2.05) is 24.3 Å². The zero-order chi connectivity index (χ0) is 13.9. The summed E-state index contributed by atoms with van der Waals surface area (Å²) in [6.07, 6.45) is 2.50. The lowest BCUT2D eigenvalue weighted by Gasteiger charge is -2.00. The monoisotopic (exact) mass is 267 g/mol. The molecule has 3 rings (SSSR count). The smallest absolute Gasteiger partial charge is 0.239 e. The summed E-state index contributed by atoms with van der Waals surface area (Å²) in [6.45, 7) is 0. The lowest BCUT2D eigenvalue weighted by Crippen LogP contribution is -1.98. The molecule has 0 unspecified atom stereocenters. The molecule has 0 radical (unpaired) electrons. The van der Waals surface area contributed by atoms with Gasteiger partial charge < -0.3 is 5.11 Å². The molecule has 3 aromatic rings. The van der Waals surface area contributed by atoms with Gasteiger partial charge in [-0.2, -0.15) is 5.21 Å². The number of aromatic amines is 1. The number of tetrazole rings is 1. The summed E-state index contributed by atoms with van der Waals surface area (Å²) >= 11 is 0. The van der Waals surface area contributed by atoms with Crippen LogP contribution in [0.15, 0.2) is 42.6 Å². The molecule has 7 heteroatoms. The standard InChI is InChI=1S/C13H9N5O2/c19-11(6-12(20)13-15-17-18-16-13)9-5-8-3-1-2-4-10(8)14-7-9/h1-7,20H,(H,15,16,17,18). The Morgan fingerprint density at radius 3 is 2.95 bits per heavy atom. The second-order valence-electron chi connectivity index (χ2n) is 4.05. The van der Waals surface area contributed by atoms with Gasteiger partial charge in [-0.1, -0.05) is 18.2 Å². The minimum Gasteiger partial charge on any atom is -0.504 e. The number of aromatic nitrogens is 5. The van der Waals surface area contributed by atoms with Crippen LogP contribution in [0.3, 0.4) is 0 Å². The van der Waals surface area contributed by atoms with Crippen LogP contribution in [-0.4, -0.2) is 36.5 Å². The van der Waals surface area contributed by atoms with Gasteiger partial charge in [-0.25, -0.2) is 0 Å². The van der Waals surface area contributed by atoms with Crippen molar-refractivity contribution >= 4 is 22.4 Å². The van der Waals surface area contributed by atoms with Crippen molar-refractivity contribution < 1.29 is 9.90 Å². The second-order valence-corrected chi connectivity index (χ2v) is 4.05. The molecule has 2 aromatic heterocycles.